The van der Waals surface area contributed by atoms with Crippen molar-refractivity contribution >= 4 is 0 Å². The SMILES string of the molecule is Cc1ccc(CNCC2CCC(C)CC2)c(F)c1F. The monoisotopic (exact) mass is 267 g/mol. The predicted molar refractivity (Wildman–Crippen MR) is 73.9 cm³/mol. The molecule has 3 heteroatoms. The molecule has 1 fully saturated rings. The maximum absolute atomic E-state index is 13.7. The highest BCUT2D eigenvalue weighted by molar-refractivity contribution is 5.25. The summed E-state index contributed by atoms with van der Waals surface area (Å²) < 4.78 is 27.1. The molecule has 0 saturated heterocycles. The van der Waals surface area contributed by atoms with E-state index in [2.05, 4.69) is 12.2 Å². The standard InChI is InChI=1S/C16H23F2N/c1-11-3-6-13(7-4-11)9-19-10-14-8-5-12(2)15(17)16(14)18/h5,8,11,13,19H,3-4,6-7,9-10H2,1-2H3. The molecule has 106 valence electrons. The first-order chi connectivity index (χ1) is 9.08. The normalized spacial score (nSPS) is 23.6. The van der Waals surface area contributed by atoms with Crippen LogP contribution in [0.4, 0.5) is 8.78 Å². The Hall–Kier alpha value is -0.960. The number of nitrogens with one attached hydrogen (secondary N) is 1. The molecular formula is C16H23F2N. The van der Waals surface area contributed by atoms with Gasteiger partial charge in [0.15, 0.2) is 11.6 Å². The highest BCUT2D eigenvalue weighted by Gasteiger charge is 2.18. The molecule has 0 unspecified atom stereocenters. The van der Waals surface area contributed by atoms with Gasteiger partial charge < -0.3 is 5.32 Å². The number of benzene rings is 1. The Morgan fingerprint density at radius 2 is 1.79 bits per heavy atom. The Bertz CT molecular complexity index is 423. The van der Waals surface area contributed by atoms with Gasteiger partial charge in [0.1, 0.15) is 0 Å². The number of hydrogen-bond acceptors (Lipinski definition) is 1. The van der Waals surface area contributed by atoms with E-state index < -0.39 is 11.6 Å². The van der Waals surface area contributed by atoms with E-state index in [1.807, 2.05) is 0 Å². The molecule has 0 amide bonds. The summed E-state index contributed by atoms with van der Waals surface area (Å²) in [6.45, 7) is 5.20. The molecule has 1 nitrogen and oxygen atoms in total. The first kappa shape index (κ1) is 14.4. The Balaban J connectivity index is 1.81. The molecule has 2 rings (SSSR count). The zero-order valence-electron chi connectivity index (χ0n) is 11.8. The van der Waals surface area contributed by atoms with Crippen molar-refractivity contribution in [2.45, 2.75) is 46.1 Å². The van der Waals surface area contributed by atoms with E-state index in [9.17, 15) is 8.78 Å². The second-order valence-corrected chi connectivity index (χ2v) is 5.93. The van der Waals surface area contributed by atoms with Gasteiger partial charge in [-0.1, -0.05) is 31.9 Å². The molecule has 0 heterocycles. The highest BCUT2D eigenvalue weighted by Crippen LogP contribution is 2.27. The summed E-state index contributed by atoms with van der Waals surface area (Å²) in [5, 5.41) is 3.27. The lowest BCUT2D eigenvalue weighted by Gasteiger charge is -2.26. The van der Waals surface area contributed by atoms with Crippen LogP contribution in [0.5, 0.6) is 0 Å². The van der Waals surface area contributed by atoms with E-state index in [4.69, 9.17) is 0 Å². The summed E-state index contributed by atoms with van der Waals surface area (Å²) in [5.41, 5.74) is 0.787. The van der Waals surface area contributed by atoms with Crippen molar-refractivity contribution in [1.82, 2.24) is 5.32 Å². The third-order valence-corrected chi connectivity index (χ3v) is 4.24. The summed E-state index contributed by atoms with van der Waals surface area (Å²) >= 11 is 0. The molecule has 1 aliphatic rings. The van der Waals surface area contributed by atoms with Crippen LogP contribution >= 0.6 is 0 Å². The Kier molecular flexibility index (Phi) is 4.92. The fraction of sp³-hybridized carbons (Fsp3) is 0.625. The molecule has 0 aromatic heterocycles. The Morgan fingerprint density at radius 3 is 2.47 bits per heavy atom. The highest BCUT2D eigenvalue weighted by atomic mass is 19.2. The van der Waals surface area contributed by atoms with E-state index in [1.54, 1.807) is 19.1 Å². The van der Waals surface area contributed by atoms with Crippen molar-refractivity contribution in [3.05, 3.63) is 34.9 Å². The van der Waals surface area contributed by atoms with Crippen LogP contribution in [0.25, 0.3) is 0 Å². The van der Waals surface area contributed by atoms with Crippen molar-refractivity contribution in [3.63, 3.8) is 0 Å². The second kappa shape index (κ2) is 6.47. The molecule has 0 bridgehead atoms. The number of halogens is 2. The second-order valence-electron chi connectivity index (χ2n) is 5.93. The summed E-state index contributed by atoms with van der Waals surface area (Å²) in [6.07, 6.45) is 5.08. The fourth-order valence-electron chi connectivity index (χ4n) is 2.77. The maximum Gasteiger partial charge on any atom is 0.163 e. The first-order valence-electron chi connectivity index (χ1n) is 7.22. The lowest BCUT2D eigenvalue weighted by atomic mass is 9.83. The van der Waals surface area contributed by atoms with Crippen LogP contribution in [0, 0.1) is 30.4 Å². The van der Waals surface area contributed by atoms with Gasteiger partial charge in [0.25, 0.3) is 0 Å². The topological polar surface area (TPSA) is 12.0 Å². The summed E-state index contributed by atoms with van der Waals surface area (Å²) in [5.74, 6) is 0.116. The number of aryl methyl sites for hydroxylation is 1. The largest absolute Gasteiger partial charge is 0.312 e. The van der Waals surface area contributed by atoms with Gasteiger partial charge in [0.2, 0.25) is 0 Å². The van der Waals surface area contributed by atoms with E-state index in [0.29, 0.717) is 23.6 Å². The molecule has 0 spiro atoms. The van der Waals surface area contributed by atoms with E-state index in [-0.39, 0.29) is 0 Å². The molecule has 1 aliphatic carbocycles. The van der Waals surface area contributed by atoms with Gasteiger partial charge in [-0.2, -0.15) is 0 Å². The van der Waals surface area contributed by atoms with Crippen LogP contribution in [0.3, 0.4) is 0 Å². The molecule has 19 heavy (non-hydrogen) atoms. The molecule has 0 atom stereocenters. The predicted octanol–water partition coefficient (Wildman–Crippen LogP) is 4.19. The molecular weight excluding hydrogens is 244 g/mol. The number of rotatable bonds is 4. The van der Waals surface area contributed by atoms with Gasteiger partial charge in [-0.25, -0.2) is 8.78 Å². The van der Waals surface area contributed by atoms with Gasteiger partial charge in [-0.05, 0) is 43.7 Å². The molecule has 1 aromatic rings. The van der Waals surface area contributed by atoms with Crippen molar-refractivity contribution in [3.8, 4) is 0 Å². The summed E-state index contributed by atoms with van der Waals surface area (Å²) in [4.78, 5) is 0. The molecule has 1 saturated carbocycles. The van der Waals surface area contributed by atoms with Crippen molar-refractivity contribution in [2.24, 2.45) is 11.8 Å². The van der Waals surface area contributed by atoms with Crippen LogP contribution in [-0.4, -0.2) is 6.54 Å². The minimum Gasteiger partial charge on any atom is -0.312 e. The van der Waals surface area contributed by atoms with Crippen LogP contribution in [0.1, 0.15) is 43.7 Å². The average molecular weight is 267 g/mol. The quantitative estimate of drug-likeness (QED) is 0.862. The van der Waals surface area contributed by atoms with Gasteiger partial charge in [0.05, 0.1) is 0 Å². The van der Waals surface area contributed by atoms with Crippen LogP contribution in [-0.2, 0) is 6.54 Å². The van der Waals surface area contributed by atoms with Gasteiger partial charge >= 0.3 is 0 Å². The Labute approximate surface area is 114 Å². The summed E-state index contributed by atoms with van der Waals surface area (Å²) in [7, 11) is 0. The fourth-order valence-corrected chi connectivity index (χ4v) is 2.77. The minimum atomic E-state index is -0.717. The maximum atomic E-state index is 13.7. The average Bonchev–Trinajstić information content (AvgIpc) is 2.41. The third-order valence-electron chi connectivity index (χ3n) is 4.24. The first-order valence-corrected chi connectivity index (χ1v) is 7.22. The van der Waals surface area contributed by atoms with Gasteiger partial charge in [-0.15, -0.1) is 0 Å². The van der Waals surface area contributed by atoms with Crippen LogP contribution in [0.15, 0.2) is 12.1 Å². The third kappa shape index (κ3) is 3.75. The van der Waals surface area contributed by atoms with Crippen molar-refractivity contribution < 1.29 is 8.78 Å². The van der Waals surface area contributed by atoms with Crippen LogP contribution < -0.4 is 5.32 Å². The molecule has 0 radical (unpaired) electrons. The van der Waals surface area contributed by atoms with Crippen LogP contribution in [0.2, 0.25) is 0 Å². The lowest BCUT2D eigenvalue weighted by molar-refractivity contribution is 0.281. The molecule has 0 aliphatic heterocycles. The van der Waals surface area contributed by atoms with Crippen molar-refractivity contribution in [1.29, 1.82) is 0 Å². The number of hydrogen-bond donors (Lipinski definition) is 1. The smallest absolute Gasteiger partial charge is 0.163 e. The van der Waals surface area contributed by atoms with Gasteiger partial charge in [-0.3, -0.25) is 0 Å². The molecule has 1 N–H and O–H groups in total. The lowest BCUT2D eigenvalue weighted by Crippen LogP contribution is -2.26. The van der Waals surface area contributed by atoms with Crippen molar-refractivity contribution in [2.75, 3.05) is 6.54 Å². The zero-order valence-corrected chi connectivity index (χ0v) is 11.8. The zero-order chi connectivity index (χ0) is 13.8. The van der Waals surface area contributed by atoms with E-state index in [1.165, 1.54) is 25.7 Å². The minimum absolute atomic E-state index is 0.363. The van der Waals surface area contributed by atoms with E-state index >= 15 is 0 Å². The summed E-state index contributed by atoms with van der Waals surface area (Å²) in [6, 6.07) is 3.31. The molecule has 1 aromatic carbocycles. The van der Waals surface area contributed by atoms with E-state index in [0.717, 1.165) is 12.5 Å². The Morgan fingerprint density at radius 1 is 1.11 bits per heavy atom. The van der Waals surface area contributed by atoms with Gasteiger partial charge in [0, 0.05) is 12.1 Å².